The van der Waals surface area contributed by atoms with Crippen molar-refractivity contribution in [2.24, 2.45) is 50.2 Å². The molecule has 126 heavy (non-hydrogen) atoms. The van der Waals surface area contributed by atoms with Crippen LogP contribution in [0.4, 0.5) is 0 Å². The van der Waals surface area contributed by atoms with Crippen molar-refractivity contribution in [1.29, 1.82) is 0 Å². The predicted octanol–water partition coefficient (Wildman–Crippen LogP) is -7.00. The Bertz CT molecular complexity index is 3730. The first-order valence-corrected chi connectivity index (χ1v) is 43.7. The molecule has 42 heteroatoms. The fraction of sp³-hybridized carbons (Fsp3) is 0.905. The molecule has 13 aliphatic rings. The molecule has 42 nitrogen and oxygen atoms in total. The third kappa shape index (κ3) is 19.0. The molecule has 0 bridgehead atoms. The van der Waals surface area contributed by atoms with Crippen LogP contribution in [-0.4, -0.2) is 421 Å². The number of esters is 2. The van der Waals surface area contributed by atoms with Gasteiger partial charge in [0.25, 0.3) is 0 Å². The van der Waals surface area contributed by atoms with Gasteiger partial charge in [0, 0.05) is 0 Å². The molecule has 8 aliphatic heterocycles. The third-order valence-electron chi connectivity index (χ3n) is 30.4. The Kier molecular flexibility index (Phi) is 31.1. The highest BCUT2D eigenvalue weighted by Crippen LogP contribution is 2.76. The summed E-state index contributed by atoms with van der Waals surface area (Å²) in [6.45, 7) is 15.9. The molecule has 0 amide bonds. The van der Waals surface area contributed by atoms with E-state index in [-0.39, 0.29) is 43.1 Å². The van der Waals surface area contributed by atoms with E-state index in [4.69, 9.17) is 80.5 Å². The van der Waals surface area contributed by atoms with E-state index in [0.717, 1.165) is 5.57 Å². The van der Waals surface area contributed by atoms with Gasteiger partial charge in [0.15, 0.2) is 50.1 Å². The Labute approximate surface area is 727 Å². The van der Waals surface area contributed by atoms with Crippen molar-refractivity contribution >= 4 is 11.9 Å². The number of aliphatic hydroxyl groups is 23. The standard InChI is InChI=1S/C84H134O42/c1-11-80(7,109)18-12-13-34(25-85)68(107)110-31-42-53(97)56(100)66(125-75-67(124-73-60(104)54(98)51(95)41(26-86)117-73)61(105)63(33(2)116-75)121-71-62(106)64(40(90)30-113-71)122-69-57(101)48(92)37(87)27-111-69)76(119-42)126-77(108)84-22-21-78(3,4)23-36(84)35-14-15-45-81(8)19-17-47(79(5,6)44(81)16-20-82(45,9)83(35,10)24-46(84)91)120-72-59(103)55(99)52(96)43(118-72)32-115-74-65(50(94)39(89)29-114-74)123-70-58(102)49(93)38(88)28-112-70/h11,13-14,33,36-67,69-76,85-106,109H,1,12,15-32H2,2-10H3/b34-13+/t33-,36-,37-,38-,39-,40-,41-,42-,43-,44-,45-,46-,47-,48+,49+,50+,51-,52-,53-,54+,55+,56+,57-,58-,59-,60-,61+,62-,63-,64+,65-,66-,67-,69+,70+,71+,72+,73+,74+,75+,76+,80+,81+,82-,83+,84-/m0/s1. The molecule has 23 N–H and O–H groups in total. The van der Waals surface area contributed by atoms with E-state index < -0.39 is 342 Å². The van der Waals surface area contributed by atoms with Crippen molar-refractivity contribution in [2.45, 2.75) is 372 Å². The SMILES string of the molecule is C=C[C@@](C)(O)CC/C=C(\CO)C(=O)OC[C@@H]1O[C@H](OC(=O)[C@@]23CCC(C)(C)C[C@H]2C2=CC[C@H]4[C@]5(C)CC[C@H](O[C@H]6O[C@@H](CO[C@H]7OC[C@H](O)[C@@H](O)[C@@H]7O[C@H]7OC[C@H](O)[C@@H](O)[C@@H]7O)[C@H](O)[C@@H](O)[C@@H]6O)C(C)(C)[C@@H]5CC[C@]4(C)[C@]2(C)C[C@@H]3O)[C@@H](O[C@H]2O[C@@H](C)[C@H](O[C@H]3OC[C@H](O)[C@@H](O[C@H]4OC[C@H](O)[C@@H](O)[C@@H]4O)[C@@H]3O)[C@@H](O)[C@@H]2O[C@H]2O[C@@H](CO)[C@H](O)[C@@H](O)[C@@H]2O)[C@H](O)[C@H]1O. The maximum atomic E-state index is 16.4. The zero-order chi connectivity index (χ0) is 92.1. The predicted molar refractivity (Wildman–Crippen MR) is 418 cm³/mol. The average Bonchev–Trinajstić information content (AvgIpc) is 0.669. The largest absolute Gasteiger partial charge is 0.459 e. The minimum Gasteiger partial charge on any atom is -0.459 e. The Hall–Kier alpha value is -3.36. The van der Waals surface area contributed by atoms with E-state index in [1.54, 1.807) is 0 Å². The topological polar surface area (TPSA) is 656 Å². The highest BCUT2D eigenvalue weighted by atomic mass is 16.8. The highest BCUT2D eigenvalue weighted by molar-refractivity contribution is 5.88. The number of ether oxygens (including phenoxy) is 17. The first kappa shape index (κ1) is 100. The number of carbonyl (C=O) groups excluding carboxylic acids is 2. The van der Waals surface area contributed by atoms with Gasteiger partial charge in [0.05, 0.1) is 75.7 Å². The van der Waals surface area contributed by atoms with Crippen LogP contribution in [0.5, 0.6) is 0 Å². The molecule has 13 rings (SSSR count). The summed E-state index contributed by atoms with van der Waals surface area (Å²) in [5, 5.41) is 257. The summed E-state index contributed by atoms with van der Waals surface area (Å²) in [4.78, 5) is 30.3. The summed E-state index contributed by atoms with van der Waals surface area (Å²) in [6.07, 6.45) is -59.6. The second-order valence-electron chi connectivity index (χ2n) is 39.2. The van der Waals surface area contributed by atoms with E-state index in [9.17, 15) is 122 Å². The minimum atomic E-state index is -2.30. The molecule has 12 fully saturated rings. The molecule has 5 aliphatic carbocycles. The van der Waals surface area contributed by atoms with Crippen molar-refractivity contribution < 1.29 is 208 Å². The van der Waals surface area contributed by atoms with Crippen LogP contribution in [0.3, 0.4) is 0 Å². The van der Waals surface area contributed by atoms with Gasteiger partial charge in [-0.1, -0.05) is 72.3 Å². The molecule has 0 aromatic carbocycles. The quantitative estimate of drug-likeness (QED) is 0.0166. The van der Waals surface area contributed by atoms with Crippen LogP contribution in [0.1, 0.15) is 133 Å². The fourth-order valence-electron chi connectivity index (χ4n) is 22.4. The second-order valence-corrected chi connectivity index (χ2v) is 39.2. The molecular formula is C84H134O42. The van der Waals surface area contributed by atoms with Crippen LogP contribution in [0.15, 0.2) is 36.0 Å². The molecule has 0 unspecified atom stereocenters. The van der Waals surface area contributed by atoms with Gasteiger partial charge in [-0.25, -0.2) is 4.79 Å². The van der Waals surface area contributed by atoms with Gasteiger partial charge < -0.3 is 198 Å². The Morgan fingerprint density at radius 3 is 1.63 bits per heavy atom. The van der Waals surface area contributed by atoms with Crippen LogP contribution in [0.25, 0.3) is 0 Å². The van der Waals surface area contributed by atoms with Crippen LogP contribution >= 0.6 is 0 Å². The Morgan fingerprint density at radius 1 is 0.500 bits per heavy atom. The average molecular weight is 1820 g/mol. The van der Waals surface area contributed by atoms with E-state index in [2.05, 4.69) is 61.1 Å². The van der Waals surface area contributed by atoms with E-state index >= 15 is 4.79 Å². The fourth-order valence-corrected chi connectivity index (χ4v) is 22.4. The van der Waals surface area contributed by atoms with Gasteiger partial charge in [-0.05, 0) is 129 Å². The number of hydrogen-bond donors (Lipinski definition) is 23. The van der Waals surface area contributed by atoms with E-state index in [1.165, 1.54) is 26.0 Å². The summed E-state index contributed by atoms with van der Waals surface area (Å²) in [5.41, 5.74) is -5.66. The maximum Gasteiger partial charge on any atom is 0.336 e. The van der Waals surface area contributed by atoms with Crippen molar-refractivity contribution in [1.82, 2.24) is 0 Å². The normalized spacial score (nSPS) is 50.9. The monoisotopic (exact) mass is 1810 g/mol. The van der Waals surface area contributed by atoms with Gasteiger partial charge in [0.2, 0.25) is 6.29 Å². The van der Waals surface area contributed by atoms with Crippen molar-refractivity contribution in [3.05, 3.63) is 36.0 Å². The summed E-state index contributed by atoms with van der Waals surface area (Å²) in [7, 11) is 0. The van der Waals surface area contributed by atoms with Crippen LogP contribution in [0.2, 0.25) is 0 Å². The molecule has 8 heterocycles. The van der Waals surface area contributed by atoms with E-state index in [1.807, 2.05) is 0 Å². The molecule has 4 saturated carbocycles. The number of carbonyl (C=O) groups is 2. The molecule has 0 spiro atoms. The first-order chi connectivity index (χ1) is 59.1. The molecule has 8 saturated heterocycles. The molecule has 0 aromatic rings. The zero-order valence-corrected chi connectivity index (χ0v) is 72.1. The number of hydrogen-bond acceptors (Lipinski definition) is 42. The Morgan fingerprint density at radius 2 is 1.01 bits per heavy atom. The number of aliphatic hydroxyl groups excluding tert-OH is 22. The van der Waals surface area contributed by atoms with E-state index in [0.29, 0.717) is 44.9 Å². The number of allylic oxidation sites excluding steroid dienone is 3. The van der Waals surface area contributed by atoms with Crippen LogP contribution in [0, 0.1) is 50.2 Å². The summed E-state index contributed by atoms with van der Waals surface area (Å²) in [5.74, 6) is -3.13. The smallest absolute Gasteiger partial charge is 0.336 e. The lowest BCUT2D eigenvalue weighted by atomic mass is 9.33. The molecule has 46 atom stereocenters. The molecular weight excluding hydrogens is 1680 g/mol. The van der Waals surface area contributed by atoms with Crippen molar-refractivity contribution in [3.63, 3.8) is 0 Å². The van der Waals surface area contributed by atoms with Crippen molar-refractivity contribution in [3.8, 4) is 0 Å². The molecule has 0 radical (unpaired) electrons. The molecule has 0 aromatic heterocycles. The highest BCUT2D eigenvalue weighted by Gasteiger charge is 2.73. The van der Waals surface area contributed by atoms with Gasteiger partial charge in [-0.15, -0.1) is 6.58 Å². The van der Waals surface area contributed by atoms with Crippen LogP contribution in [-0.2, 0) is 90.1 Å². The zero-order valence-electron chi connectivity index (χ0n) is 72.1. The second kappa shape index (κ2) is 39.2. The third-order valence-corrected chi connectivity index (χ3v) is 30.4. The lowest BCUT2D eigenvalue weighted by molar-refractivity contribution is -0.401. The Balaban J connectivity index is 0.766. The summed E-state index contributed by atoms with van der Waals surface area (Å²) >= 11 is 0. The van der Waals surface area contributed by atoms with Crippen LogP contribution < -0.4 is 0 Å². The lowest BCUT2D eigenvalue weighted by Gasteiger charge is -2.71. The molecule has 722 valence electrons. The van der Waals surface area contributed by atoms with Gasteiger partial charge in [-0.3, -0.25) is 4.79 Å². The maximum absolute atomic E-state index is 16.4. The minimum absolute atomic E-state index is 0.00743. The summed E-state index contributed by atoms with van der Waals surface area (Å²) < 4.78 is 103. The first-order valence-electron chi connectivity index (χ1n) is 43.7. The number of rotatable bonds is 26. The van der Waals surface area contributed by atoms with Gasteiger partial charge >= 0.3 is 11.9 Å². The lowest BCUT2D eigenvalue weighted by Crippen LogP contribution is -2.69. The van der Waals surface area contributed by atoms with Gasteiger partial charge in [-0.2, -0.15) is 0 Å². The van der Waals surface area contributed by atoms with Gasteiger partial charge in [0.1, 0.15) is 171 Å². The number of fused-ring (bicyclic) bond motifs is 7. The summed E-state index contributed by atoms with van der Waals surface area (Å²) in [6, 6.07) is 0. The van der Waals surface area contributed by atoms with Crippen molar-refractivity contribution in [2.75, 3.05) is 52.9 Å².